The van der Waals surface area contributed by atoms with Gasteiger partial charge in [0, 0.05) is 6.42 Å². The Kier molecular flexibility index (Phi) is 4.73. The number of carbonyl (C=O) groups is 1. The third-order valence-corrected chi connectivity index (χ3v) is 1.89. The molecule has 3 heteroatoms. The standard InChI is InChI=1S/C13H16O3/c1-10(2)8-12(15)9-11(14)5-6-13-4-3-7-16-13/h3-8,11,14H,9H2,1-2H3/b6-5+/t11-/m1/s1. The zero-order valence-electron chi connectivity index (χ0n) is 9.51. The molecule has 16 heavy (non-hydrogen) atoms. The predicted molar refractivity (Wildman–Crippen MR) is 62.8 cm³/mol. The molecule has 0 aliphatic rings. The fourth-order valence-electron chi connectivity index (χ4n) is 1.25. The normalized spacial score (nSPS) is 12.7. The third-order valence-electron chi connectivity index (χ3n) is 1.89. The second kappa shape index (κ2) is 6.08. The summed E-state index contributed by atoms with van der Waals surface area (Å²) in [6.45, 7) is 3.70. The highest BCUT2D eigenvalue weighted by Crippen LogP contribution is 2.05. The summed E-state index contributed by atoms with van der Waals surface area (Å²) in [7, 11) is 0. The topological polar surface area (TPSA) is 50.4 Å². The zero-order valence-corrected chi connectivity index (χ0v) is 9.51. The maximum absolute atomic E-state index is 11.3. The lowest BCUT2D eigenvalue weighted by atomic mass is 10.1. The van der Waals surface area contributed by atoms with Gasteiger partial charge in [-0.15, -0.1) is 0 Å². The van der Waals surface area contributed by atoms with Gasteiger partial charge in [0.2, 0.25) is 0 Å². The minimum absolute atomic E-state index is 0.0726. The van der Waals surface area contributed by atoms with Gasteiger partial charge >= 0.3 is 0 Å². The van der Waals surface area contributed by atoms with Crippen LogP contribution in [-0.2, 0) is 4.79 Å². The van der Waals surface area contributed by atoms with Gasteiger partial charge in [-0.05, 0) is 38.1 Å². The maximum Gasteiger partial charge on any atom is 0.158 e. The first-order chi connectivity index (χ1) is 7.58. The van der Waals surface area contributed by atoms with E-state index in [1.807, 2.05) is 13.8 Å². The van der Waals surface area contributed by atoms with Gasteiger partial charge in [0.1, 0.15) is 5.76 Å². The highest BCUT2D eigenvalue weighted by atomic mass is 16.3. The van der Waals surface area contributed by atoms with E-state index in [1.54, 1.807) is 30.5 Å². The van der Waals surface area contributed by atoms with Crippen LogP contribution in [0, 0.1) is 0 Å². The van der Waals surface area contributed by atoms with Crippen molar-refractivity contribution in [2.75, 3.05) is 0 Å². The van der Waals surface area contributed by atoms with Crippen molar-refractivity contribution in [3.05, 3.63) is 41.9 Å². The fourth-order valence-corrected chi connectivity index (χ4v) is 1.25. The van der Waals surface area contributed by atoms with Crippen LogP contribution >= 0.6 is 0 Å². The summed E-state index contributed by atoms with van der Waals surface area (Å²) in [5.41, 5.74) is 0.937. The summed E-state index contributed by atoms with van der Waals surface area (Å²) in [6.07, 6.45) is 5.62. The number of carbonyl (C=O) groups excluding carboxylic acids is 1. The first-order valence-electron chi connectivity index (χ1n) is 5.15. The van der Waals surface area contributed by atoms with E-state index in [2.05, 4.69) is 0 Å². The summed E-state index contributed by atoms with van der Waals surface area (Å²) in [4.78, 5) is 11.3. The molecular weight excluding hydrogens is 204 g/mol. The van der Waals surface area contributed by atoms with E-state index in [-0.39, 0.29) is 12.2 Å². The van der Waals surface area contributed by atoms with Crippen LogP contribution in [-0.4, -0.2) is 17.0 Å². The molecule has 1 rings (SSSR count). The van der Waals surface area contributed by atoms with Crippen LogP contribution in [0.1, 0.15) is 26.0 Å². The van der Waals surface area contributed by atoms with E-state index < -0.39 is 6.10 Å². The molecule has 1 aromatic rings. The minimum atomic E-state index is -0.770. The monoisotopic (exact) mass is 220 g/mol. The molecule has 0 bridgehead atoms. The summed E-state index contributed by atoms with van der Waals surface area (Å²) in [6, 6.07) is 3.54. The largest absolute Gasteiger partial charge is 0.465 e. The van der Waals surface area contributed by atoms with Gasteiger partial charge in [-0.25, -0.2) is 0 Å². The molecule has 0 radical (unpaired) electrons. The Labute approximate surface area is 95.1 Å². The summed E-state index contributed by atoms with van der Waals surface area (Å²) in [5, 5.41) is 9.55. The highest BCUT2D eigenvalue weighted by Gasteiger charge is 2.05. The predicted octanol–water partition coefficient (Wildman–Crippen LogP) is 2.58. The van der Waals surface area contributed by atoms with Crippen molar-refractivity contribution >= 4 is 11.9 Å². The van der Waals surface area contributed by atoms with Crippen molar-refractivity contribution in [1.29, 1.82) is 0 Å². The maximum atomic E-state index is 11.3. The number of hydrogen-bond donors (Lipinski definition) is 1. The van der Waals surface area contributed by atoms with Crippen LogP contribution in [0.25, 0.3) is 6.08 Å². The molecule has 0 aliphatic heterocycles. The Bertz CT molecular complexity index is 381. The average molecular weight is 220 g/mol. The number of aliphatic hydroxyl groups excluding tert-OH is 1. The van der Waals surface area contributed by atoms with E-state index in [0.29, 0.717) is 5.76 Å². The second-order valence-corrected chi connectivity index (χ2v) is 3.83. The van der Waals surface area contributed by atoms with Gasteiger partial charge in [-0.2, -0.15) is 0 Å². The number of furan rings is 1. The van der Waals surface area contributed by atoms with E-state index in [0.717, 1.165) is 5.57 Å². The van der Waals surface area contributed by atoms with Gasteiger partial charge in [0.15, 0.2) is 5.78 Å². The molecule has 1 aromatic heterocycles. The van der Waals surface area contributed by atoms with Crippen LogP contribution in [0.2, 0.25) is 0 Å². The molecule has 0 spiro atoms. The third kappa shape index (κ3) is 4.75. The Morgan fingerprint density at radius 2 is 2.31 bits per heavy atom. The highest BCUT2D eigenvalue weighted by molar-refractivity contribution is 5.90. The summed E-state index contributed by atoms with van der Waals surface area (Å²) >= 11 is 0. The van der Waals surface area contributed by atoms with E-state index >= 15 is 0 Å². The lowest BCUT2D eigenvalue weighted by molar-refractivity contribution is -0.115. The van der Waals surface area contributed by atoms with Crippen LogP contribution < -0.4 is 0 Å². The molecule has 1 heterocycles. The number of hydrogen-bond acceptors (Lipinski definition) is 3. The summed E-state index contributed by atoms with van der Waals surface area (Å²) in [5.74, 6) is 0.588. The Balaban J connectivity index is 2.45. The molecule has 1 atom stereocenters. The van der Waals surface area contributed by atoms with Gasteiger partial charge in [-0.1, -0.05) is 11.6 Å². The molecule has 0 amide bonds. The Morgan fingerprint density at radius 3 is 2.88 bits per heavy atom. The van der Waals surface area contributed by atoms with Crippen molar-refractivity contribution in [2.45, 2.75) is 26.4 Å². The molecule has 86 valence electrons. The molecule has 0 saturated carbocycles. The van der Waals surface area contributed by atoms with E-state index in [4.69, 9.17) is 4.42 Å². The van der Waals surface area contributed by atoms with Gasteiger partial charge in [0.25, 0.3) is 0 Å². The van der Waals surface area contributed by atoms with Crippen LogP contribution in [0.5, 0.6) is 0 Å². The average Bonchev–Trinajstić information content (AvgIpc) is 2.65. The van der Waals surface area contributed by atoms with Gasteiger partial charge in [0.05, 0.1) is 12.4 Å². The van der Waals surface area contributed by atoms with Crippen molar-refractivity contribution < 1.29 is 14.3 Å². The molecular formula is C13H16O3. The number of allylic oxidation sites excluding steroid dienone is 2. The SMILES string of the molecule is CC(C)=CC(=O)C[C@H](O)/C=C/c1ccco1. The van der Waals surface area contributed by atoms with Crippen LogP contribution in [0.4, 0.5) is 0 Å². The fraction of sp³-hybridized carbons (Fsp3) is 0.308. The molecule has 0 unspecified atom stereocenters. The van der Waals surface area contributed by atoms with Crippen molar-refractivity contribution in [1.82, 2.24) is 0 Å². The van der Waals surface area contributed by atoms with Crippen molar-refractivity contribution in [2.24, 2.45) is 0 Å². The van der Waals surface area contributed by atoms with Crippen LogP contribution in [0.3, 0.4) is 0 Å². The van der Waals surface area contributed by atoms with Crippen molar-refractivity contribution in [3.63, 3.8) is 0 Å². The first kappa shape index (κ1) is 12.5. The van der Waals surface area contributed by atoms with E-state index in [1.165, 1.54) is 6.08 Å². The molecule has 3 nitrogen and oxygen atoms in total. The first-order valence-corrected chi connectivity index (χ1v) is 5.15. The lowest BCUT2D eigenvalue weighted by Crippen LogP contribution is -2.08. The molecule has 0 aliphatic carbocycles. The number of aliphatic hydroxyl groups is 1. The van der Waals surface area contributed by atoms with Crippen LogP contribution in [0.15, 0.2) is 40.5 Å². The Morgan fingerprint density at radius 1 is 1.56 bits per heavy atom. The van der Waals surface area contributed by atoms with Gasteiger partial charge < -0.3 is 9.52 Å². The number of rotatable bonds is 5. The number of ketones is 1. The summed E-state index contributed by atoms with van der Waals surface area (Å²) < 4.78 is 5.06. The molecule has 0 fully saturated rings. The van der Waals surface area contributed by atoms with E-state index in [9.17, 15) is 9.90 Å². The lowest BCUT2D eigenvalue weighted by Gasteiger charge is -2.01. The minimum Gasteiger partial charge on any atom is -0.465 e. The smallest absolute Gasteiger partial charge is 0.158 e. The van der Waals surface area contributed by atoms with Gasteiger partial charge in [-0.3, -0.25) is 4.79 Å². The molecule has 0 saturated heterocycles. The molecule has 0 aromatic carbocycles. The zero-order chi connectivity index (χ0) is 12.0. The van der Waals surface area contributed by atoms with Crippen molar-refractivity contribution in [3.8, 4) is 0 Å². The Hall–Kier alpha value is -1.61. The molecule has 1 N–H and O–H groups in total. The quantitative estimate of drug-likeness (QED) is 0.776. The second-order valence-electron chi connectivity index (χ2n) is 3.83.